The zero-order valence-electron chi connectivity index (χ0n) is 13.8. The van der Waals surface area contributed by atoms with E-state index in [4.69, 9.17) is 4.74 Å². The van der Waals surface area contributed by atoms with E-state index in [1.165, 1.54) is 11.0 Å². The Morgan fingerprint density at radius 1 is 1.23 bits per heavy atom. The number of anilines is 1. The SMILES string of the molecule is O=C(C1CN(c2ccnc(C(F)(F)F)c2)CCO1)N1CCC(F)(F)CC1. The molecule has 2 aliphatic rings. The van der Waals surface area contributed by atoms with Crippen molar-refractivity contribution in [2.75, 3.05) is 37.7 Å². The second-order valence-electron chi connectivity index (χ2n) is 6.38. The number of halogens is 5. The van der Waals surface area contributed by atoms with Crippen LogP contribution < -0.4 is 4.90 Å². The van der Waals surface area contributed by atoms with Crippen molar-refractivity contribution in [1.82, 2.24) is 9.88 Å². The molecule has 1 atom stereocenters. The third kappa shape index (κ3) is 4.22. The number of aromatic nitrogens is 1. The Kier molecular flexibility index (Phi) is 5.05. The predicted molar refractivity (Wildman–Crippen MR) is 82.0 cm³/mol. The summed E-state index contributed by atoms with van der Waals surface area (Å²) in [6, 6.07) is 2.36. The zero-order chi connectivity index (χ0) is 18.9. The second kappa shape index (κ2) is 6.98. The molecular weight excluding hydrogens is 361 g/mol. The number of hydrogen-bond acceptors (Lipinski definition) is 4. The lowest BCUT2D eigenvalue weighted by atomic mass is 10.1. The molecule has 0 radical (unpaired) electrons. The van der Waals surface area contributed by atoms with E-state index in [-0.39, 0.29) is 26.2 Å². The zero-order valence-corrected chi connectivity index (χ0v) is 13.8. The van der Waals surface area contributed by atoms with Crippen LogP contribution in [0.4, 0.5) is 27.6 Å². The van der Waals surface area contributed by atoms with Crippen LogP contribution >= 0.6 is 0 Å². The van der Waals surface area contributed by atoms with Gasteiger partial charge in [-0.2, -0.15) is 13.2 Å². The number of carbonyl (C=O) groups is 1. The average Bonchev–Trinajstić information content (AvgIpc) is 2.61. The van der Waals surface area contributed by atoms with Gasteiger partial charge in [-0.05, 0) is 12.1 Å². The minimum absolute atomic E-state index is 0.0564. The topological polar surface area (TPSA) is 45.7 Å². The first-order valence-electron chi connectivity index (χ1n) is 8.22. The van der Waals surface area contributed by atoms with Crippen molar-refractivity contribution in [2.24, 2.45) is 0 Å². The van der Waals surface area contributed by atoms with E-state index in [9.17, 15) is 26.7 Å². The quantitative estimate of drug-likeness (QED) is 0.741. The fraction of sp³-hybridized carbons (Fsp3) is 0.625. The summed E-state index contributed by atoms with van der Waals surface area (Å²) in [5.74, 6) is -3.17. The van der Waals surface area contributed by atoms with Gasteiger partial charge in [-0.25, -0.2) is 8.78 Å². The molecule has 0 saturated carbocycles. The Morgan fingerprint density at radius 2 is 1.92 bits per heavy atom. The molecule has 1 unspecified atom stereocenters. The Balaban J connectivity index is 1.67. The number of rotatable bonds is 2. The molecule has 3 heterocycles. The summed E-state index contributed by atoms with van der Waals surface area (Å²) in [4.78, 5) is 18.8. The van der Waals surface area contributed by atoms with Crippen molar-refractivity contribution in [3.05, 3.63) is 24.0 Å². The molecule has 0 bridgehead atoms. The van der Waals surface area contributed by atoms with Gasteiger partial charge in [0.25, 0.3) is 11.8 Å². The van der Waals surface area contributed by atoms with Gasteiger partial charge in [0.1, 0.15) is 5.69 Å². The molecule has 1 amide bonds. The molecule has 2 saturated heterocycles. The molecule has 0 aliphatic carbocycles. The van der Waals surface area contributed by atoms with Gasteiger partial charge in [-0.15, -0.1) is 0 Å². The highest BCUT2D eigenvalue weighted by Crippen LogP contribution is 2.31. The number of nitrogens with zero attached hydrogens (tertiary/aromatic N) is 3. The Hall–Kier alpha value is -1.97. The minimum Gasteiger partial charge on any atom is -0.366 e. The molecule has 1 aromatic heterocycles. The third-order valence-electron chi connectivity index (χ3n) is 4.55. The fourth-order valence-corrected chi connectivity index (χ4v) is 3.06. The molecule has 0 spiro atoms. The van der Waals surface area contributed by atoms with Gasteiger partial charge in [0.15, 0.2) is 6.10 Å². The van der Waals surface area contributed by atoms with E-state index in [0.717, 1.165) is 12.3 Å². The van der Waals surface area contributed by atoms with Crippen LogP contribution in [0, 0.1) is 0 Å². The van der Waals surface area contributed by atoms with E-state index in [0.29, 0.717) is 12.2 Å². The number of piperidine rings is 1. The summed E-state index contributed by atoms with van der Waals surface area (Å²) in [7, 11) is 0. The normalized spacial score (nSPS) is 23.8. The maximum Gasteiger partial charge on any atom is 0.433 e. The summed E-state index contributed by atoms with van der Waals surface area (Å²) in [6.45, 7) is 0.429. The molecule has 5 nitrogen and oxygen atoms in total. The van der Waals surface area contributed by atoms with Crippen molar-refractivity contribution in [3.63, 3.8) is 0 Å². The van der Waals surface area contributed by atoms with Gasteiger partial charge in [-0.3, -0.25) is 9.78 Å². The Bertz CT molecular complexity index is 658. The summed E-state index contributed by atoms with van der Waals surface area (Å²) < 4.78 is 70.3. The van der Waals surface area contributed by atoms with E-state index >= 15 is 0 Å². The van der Waals surface area contributed by atoms with Crippen LogP contribution in [0.2, 0.25) is 0 Å². The summed E-state index contributed by atoms with van der Waals surface area (Å²) in [5, 5.41) is 0. The molecule has 2 aliphatic heterocycles. The molecular formula is C16H18F5N3O2. The summed E-state index contributed by atoms with van der Waals surface area (Å²) in [6.07, 6.45) is -5.17. The lowest BCUT2D eigenvalue weighted by Crippen LogP contribution is -2.53. The third-order valence-corrected chi connectivity index (χ3v) is 4.55. The number of alkyl halides is 5. The summed E-state index contributed by atoms with van der Waals surface area (Å²) in [5.41, 5.74) is -0.721. The minimum atomic E-state index is -4.56. The largest absolute Gasteiger partial charge is 0.433 e. The van der Waals surface area contributed by atoms with Crippen molar-refractivity contribution in [2.45, 2.75) is 31.0 Å². The highest BCUT2D eigenvalue weighted by molar-refractivity contribution is 5.82. The highest BCUT2D eigenvalue weighted by Gasteiger charge is 2.39. The molecule has 1 aromatic rings. The number of pyridine rings is 1. The molecule has 10 heteroatoms. The van der Waals surface area contributed by atoms with E-state index < -0.39 is 42.6 Å². The lowest BCUT2D eigenvalue weighted by Gasteiger charge is -2.38. The first kappa shape index (κ1) is 18.8. The molecule has 26 heavy (non-hydrogen) atoms. The van der Waals surface area contributed by atoms with E-state index in [1.807, 2.05) is 0 Å². The second-order valence-corrected chi connectivity index (χ2v) is 6.38. The van der Waals surface area contributed by atoms with Crippen LogP contribution in [0.3, 0.4) is 0 Å². The molecule has 2 fully saturated rings. The van der Waals surface area contributed by atoms with Crippen molar-refractivity contribution in [1.29, 1.82) is 0 Å². The van der Waals surface area contributed by atoms with Gasteiger partial charge in [0.2, 0.25) is 0 Å². The Labute approximate surface area is 146 Å². The van der Waals surface area contributed by atoms with Crippen molar-refractivity contribution < 1.29 is 31.5 Å². The highest BCUT2D eigenvalue weighted by atomic mass is 19.4. The smallest absolute Gasteiger partial charge is 0.366 e. The maximum absolute atomic E-state index is 13.2. The monoisotopic (exact) mass is 379 g/mol. The fourth-order valence-electron chi connectivity index (χ4n) is 3.06. The standard InChI is InChI=1S/C16H18F5N3O2/c17-15(18)2-5-23(6-3-15)14(25)12-10-24(7-8-26-12)11-1-4-22-13(9-11)16(19,20)21/h1,4,9,12H,2-3,5-8,10H2. The van der Waals surface area contributed by atoms with E-state index in [1.54, 1.807) is 4.90 Å². The lowest BCUT2D eigenvalue weighted by molar-refractivity contribution is -0.150. The van der Waals surface area contributed by atoms with Crippen molar-refractivity contribution >= 4 is 11.6 Å². The van der Waals surface area contributed by atoms with Crippen LogP contribution in [-0.4, -0.2) is 60.6 Å². The maximum atomic E-state index is 13.2. The van der Waals surface area contributed by atoms with Crippen molar-refractivity contribution in [3.8, 4) is 0 Å². The summed E-state index contributed by atoms with van der Waals surface area (Å²) >= 11 is 0. The molecule has 0 N–H and O–H groups in total. The van der Waals surface area contributed by atoms with Gasteiger partial charge >= 0.3 is 6.18 Å². The van der Waals surface area contributed by atoms with Gasteiger partial charge < -0.3 is 14.5 Å². The number of ether oxygens (including phenoxy) is 1. The van der Waals surface area contributed by atoms with Crippen LogP contribution in [0.5, 0.6) is 0 Å². The average molecular weight is 379 g/mol. The molecule has 144 valence electrons. The number of amides is 1. The first-order valence-corrected chi connectivity index (χ1v) is 8.22. The first-order chi connectivity index (χ1) is 12.2. The van der Waals surface area contributed by atoms with Crippen LogP contribution in [0.1, 0.15) is 18.5 Å². The van der Waals surface area contributed by atoms with E-state index in [2.05, 4.69) is 4.98 Å². The number of carbonyl (C=O) groups excluding carboxylic acids is 1. The van der Waals surface area contributed by atoms with Gasteiger partial charge in [-0.1, -0.05) is 0 Å². The number of likely N-dealkylation sites (tertiary alicyclic amines) is 1. The van der Waals surface area contributed by atoms with Gasteiger partial charge in [0, 0.05) is 44.4 Å². The van der Waals surface area contributed by atoms with Crippen LogP contribution in [0.15, 0.2) is 18.3 Å². The molecule has 3 rings (SSSR count). The van der Waals surface area contributed by atoms with Crippen LogP contribution in [-0.2, 0) is 15.7 Å². The molecule has 0 aromatic carbocycles. The van der Waals surface area contributed by atoms with Crippen LogP contribution in [0.25, 0.3) is 0 Å². The number of morpholine rings is 1. The number of hydrogen-bond donors (Lipinski definition) is 0. The predicted octanol–water partition coefficient (Wildman–Crippen LogP) is 2.56. The Morgan fingerprint density at radius 3 is 2.58 bits per heavy atom. The van der Waals surface area contributed by atoms with Gasteiger partial charge in [0.05, 0.1) is 13.2 Å².